The summed E-state index contributed by atoms with van der Waals surface area (Å²) in [5.41, 5.74) is 4.14. The van der Waals surface area contributed by atoms with Crippen molar-refractivity contribution in [2.24, 2.45) is 23.7 Å². The number of aryl methyl sites for hydroxylation is 2. The summed E-state index contributed by atoms with van der Waals surface area (Å²) in [4.78, 5) is 45.7. The second kappa shape index (κ2) is 15.2. The van der Waals surface area contributed by atoms with Gasteiger partial charge in [0.05, 0.1) is 23.2 Å². The van der Waals surface area contributed by atoms with E-state index in [1.54, 1.807) is 19.0 Å². The molecule has 0 unspecified atom stereocenters. The summed E-state index contributed by atoms with van der Waals surface area (Å²) < 4.78 is 5.81. The van der Waals surface area contributed by atoms with Gasteiger partial charge in [-0.05, 0) is 87.5 Å². The first kappa shape index (κ1) is 32.2. The van der Waals surface area contributed by atoms with Crippen molar-refractivity contribution in [1.29, 1.82) is 0 Å². The molecule has 0 aliphatic heterocycles. The van der Waals surface area contributed by atoms with Crippen molar-refractivity contribution in [3.8, 4) is 11.3 Å². The molecule has 1 aromatic heterocycles. The minimum Gasteiger partial charge on any atom is -0.446 e. The Labute approximate surface area is 256 Å². The highest BCUT2D eigenvalue weighted by Crippen LogP contribution is 2.42. The van der Waals surface area contributed by atoms with Gasteiger partial charge < -0.3 is 15.0 Å². The van der Waals surface area contributed by atoms with Gasteiger partial charge in [0.1, 0.15) is 6.10 Å². The van der Waals surface area contributed by atoms with Crippen molar-refractivity contribution in [3.05, 3.63) is 59.8 Å². The Kier molecular flexibility index (Phi) is 11.4. The second-order valence-corrected chi connectivity index (χ2v) is 12.1. The van der Waals surface area contributed by atoms with E-state index in [-0.39, 0.29) is 11.8 Å². The molecular weight excluding hydrogens is 540 g/mol. The average molecular weight is 589 g/mol. The van der Waals surface area contributed by atoms with Crippen molar-refractivity contribution < 1.29 is 19.1 Å². The van der Waals surface area contributed by atoms with Crippen LogP contribution >= 0.6 is 0 Å². The molecule has 8 heteroatoms. The van der Waals surface area contributed by atoms with Crippen LogP contribution in [0.3, 0.4) is 0 Å². The number of rotatable bonds is 13. The fourth-order valence-electron chi connectivity index (χ4n) is 6.19. The van der Waals surface area contributed by atoms with Crippen LogP contribution in [0.1, 0.15) is 70.1 Å². The van der Waals surface area contributed by atoms with Crippen LogP contribution in [0.2, 0.25) is 0 Å². The molecule has 0 radical (unpaired) electrons. The molecule has 0 spiro atoms. The van der Waals surface area contributed by atoms with Crippen molar-refractivity contribution in [1.82, 2.24) is 15.2 Å². The molecule has 43 heavy (non-hydrogen) atoms. The summed E-state index contributed by atoms with van der Waals surface area (Å²) in [7, 11) is 3.38. The third-order valence-corrected chi connectivity index (χ3v) is 8.93. The summed E-state index contributed by atoms with van der Waals surface area (Å²) in [5.74, 6) is 0.308. The number of carbonyl (C=O) groups excluding carboxylic acids is 3. The lowest BCUT2D eigenvalue weighted by atomic mass is 9.94. The number of allylic oxidation sites excluding steroid dienone is 2. The summed E-state index contributed by atoms with van der Waals surface area (Å²) in [5, 5.41) is 5.59. The van der Waals surface area contributed by atoms with E-state index in [0.717, 1.165) is 60.0 Å². The Morgan fingerprint density at radius 2 is 1.86 bits per heavy atom. The van der Waals surface area contributed by atoms with E-state index >= 15 is 0 Å². The minimum atomic E-state index is -0.606. The standard InChI is InChI=1S/C35H48N4O4/c1-6-24-20-25(24)13-10-8-9-11-18-39(5)34(41)30-22-27(21-29(30)33(40)36-4)43-35(42)38-32-19-23(3)16-17-28(32)31-15-12-14-26(7-2)37-31/h10,12-17,19,24-25,27,29-30H,6-9,11,18,20-22H2,1-5H3,(H,36,40)(H,38,42)/b13-10-/t24-,25+,27+,29+,30+/m0/s1. The van der Waals surface area contributed by atoms with Crippen LogP contribution in [0, 0.1) is 30.6 Å². The monoisotopic (exact) mass is 588 g/mol. The molecule has 2 aliphatic rings. The van der Waals surface area contributed by atoms with Crippen molar-refractivity contribution in [3.63, 3.8) is 0 Å². The number of amides is 3. The number of nitrogens with zero attached hydrogens (tertiary/aromatic N) is 2. The maximum Gasteiger partial charge on any atom is 0.411 e. The van der Waals surface area contributed by atoms with E-state index in [1.165, 1.54) is 12.8 Å². The smallest absolute Gasteiger partial charge is 0.411 e. The highest BCUT2D eigenvalue weighted by molar-refractivity contribution is 5.92. The van der Waals surface area contributed by atoms with E-state index in [9.17, 15) is 14.4 Å². The van der Waals surface area contributed by atoms with Crippen molar-refractivity contribution >= 4 is 23.6 Å². The fourth-order valence-corrected chi connectivity index (χ4v) is 6.19. The Morgan fingerprint density at radius 3 is 2.58 bits per heavy atom. The molecule has 232 valence electrons. The lowest BCUT2D eigenvalue weighted by Crippen LogP contribution is -2.40. The van der Waals surface area contributed by atoms with Crippen LogP contribution in [-0.4, -0.2) is 54.5 Å². The third kappa shape index (κ3) is 8.68. The number of nitrogens with one attached hydrogen (secondary N) is 2. The number of unbranched alkanes of at least 4 members (excludes halogenated alkanes) is 2. The van der Waals surface area contributed by atoms with Gasteiger partial charge in [-0.25, -0.2) is 4.79 Å². The van der Waals surface area contributed by atoms with Gasteiger partial charge in [-0.15, -0.1) is 0 Å². The highest BCUT2D eigenvalue weighted by atomic mass is 16.6. The summed E-state index contributed by atoms with van der Waals surface area (Å²) in [6.07, 6.45) is 10.5. The number of benzene rings is 1. The lowest BCUT2D eigenvalue weighted by molar-refractivity contribution is -0.139. The number of carbonyl (C=O) groups is 3. The number of anilines is 1. The molecule has 1 heterocycles. The minimum absolute atomic E-state index is 0.0673. The quantitative estimate of drug-likeness (QED) is 0.204. The fraction of sp³-hybridized carbons (Fsp3) is 0.543. The molecule has 2 aliphatic carbocycles. The van der Waals surface area contributed by atoms with Crippen LogP contribution in [0.4, 0.5) is 10.5 Å². The zero-order valence-corrected chi connectivity index (χ0v) is 26.4. The number of pyridine rings is 1. The molecule has 2 N–H and O–H groups in total. The zero-order valence-electron chi connectivity index (χ0n) is 26.4. The molecule has 8 nitrogen and oxygen atoms in total. The Balaban J connectivity index is 1.33. The predicted molar refractivity (Wildman–Crippen MR) is 170 cm³/mol. The Bertz CT molecular complexity index is 1310. The number of ether oxygens (including phenoxy) is 1. The molecule has 4 rings (SSSR count). The molecule has 2 saturated carbocycles. The van der Waals surface area contributed by atoms with Gasteiger partial charge >= 0.3 is 6.09 Å². The van der Waals surface area contributed by atoms with Gasteiger partial charge in [0.25, 0.3) is 0 Å². The first-order valence-electron chi connectivity index (χ1n) is 15.9. The number of hydrogen-bond donors (Lipinski definition) is 2. The molecular formula is C35H48N4O4. The molecule has 0 bridgehead atoms. The van der Waals surface area contributed by atoms with Crippen LogP contribution in [-0.2, 0) is 20.7 Å². The van der Waals surface area contributed by atoms with Crippen LogP contribution in [0.5, 0.6) is 0 Å². The normalized spacial score (nSPS) is 22.8. The van der Waals surface area contributed by atoms with Gasteiger partial charge in [0.2, 0.25) is 11.8 Å². The first-order chi connectivity index (χ1) is 20.7. The zero-order chi connectivity index (χ0) is 30.9. The van der Waals surface area contributed by atoms with E-state index in [1.807, 2.05) is 43.3 Å². The SMILES string of the molecule is CCc1cccc(-c2ccc(C)cc2NC(=O)O[C@@H]2C[C@@H](C(=O)NC)[C@H](C(=O)N(C)CCCC/C=C\[C@@H]3C[C@@H]3CC)C2)n1. The third-order valence-electron chi connectivity index (χ3n) is 8.93. The van der Waals surface area contributed by atoms with Gasteiger partial charge in [0.15, 0.2) is 0 Å². The highest BCUT2D eigenvalue weighted by Gasteiger charge is 2.45. The summed E-state index contributed by atoms with van der Waals surface area (Å²) in [6.45, 7) is 6.90. The van der Waals surface area contributed by atoms with Crippen LogP contribution in [0.25, 0.3) is 11.3 Å². The van der Waals surface area contributed by atoms with Gasteiger partial charge in [-0.3, -0.25) is 19.9 Å². The maximum absolute atomic E-state index is 13.4. The lowest BCUT2D eigenvalue weighted by Gasteiger charge is -2.24. The number of aromatic nitrogens is 1. The average Bonchev–Trinajstić information content (AvgIpc) is 3.65. The number of hydrogen-bond acceptors (Lipinski definition) is 5. The molecule has 5 atom stereocenters. The van der Waals surface area contributed by atoms with Gasteiger partial charge in [-0.2, -0.15) is 0 Å². The van der Waals surface area contributed by atoms with E-state index in [0.29, 0.717) is 25.1 Å². The van der Waals surface area contributed by atoms with Crippen LogP contribution in [0.15, 0.2) is 48.6 Å². The topological polar surface area (TPSA) is 101 Å². The first-order valence-corrected chi connectivity index (χ1v) is 15.9. The predicted octanol–water partition coefficient (Wildman–Crippen LogP) is 6.54. The Morgan fingerprint density at radius 1 is 1.07 bits per heavy atom. The van der Waals surface area contributed by atoms with Crippen molar-refractivity contribution in [2.45, 2.75) is 78.2 Å². The maximum atomic E-state index is 13.4. The molecule has 2 fully saturated rings. The molecule has 1 aromatic carbocycles. The Hall–Kier alpha value is -3.68. The van der Waals surface area contributed by atoms with Crippen molar-refractivity contribution in [2.75, 3.05) is 26.0 Å². The molecule has 3 amide bonds. The second-order valence-electron chi connectivity index (χ2n) is 12.1. The molecule has 0 saturated heterocycles. The van der Waals surface area contributed by atoms with Crippen LogP contribution < -0.4 is 10.6 Å². The van der Waals surface area contributed by atoms with E-state index in [2.05, 4.69) is 36.6 Å². The van der Waals surface area contributed by atoms with Gasteiger partial charge in [0, 0.05) is 31.9 Å². The van der Waals surface area contributed by atoms with E-state index < -0.39 is 24.0 Å². The molecule has 2 aromatic rings. The van der Waals surface area contributed by atoms with Gasteiger partial charge in [-0.1, -0.05) is 50.6 Å². The summed E-state index contributed by atoms with van der Waals surface area (Å²) in [6, 6.07) is 11.7. The van der Waals surface area contributed by atoms with E-state index in [4.69, 9.17) is 9.72 Å². The largest absolute Gasteiger partial charge is 0.446 e. The summed E-state index contributed by atoms with van der Waals surface area (Å²) >= 11 is 0.